The Bertz CT molecular complexity index is 769. The maximum Gasteiger partial charge on any atom is 0.118 e. The molecule has 0 aliphatic heterocycles. The van der Waals surface area contributed by atoms with Crippen molar-refractivity contribution < 1.29 is 37.9 Å². The van der Waals surface area contributed by atoms with Crippen LogP contribution in [0.2, 0.25) is 0 Å². The molecular formula is C32H54O8. The highest BCUT2D eigenvalue weighted by Gasteiger charge is 2.11. The van der Waals surface area contributed by atoms with Gasteiger partial charge in [0.05, 0.1) is 76.6 Å². The zero-order chi connectivity index (χ0) is 29.9. The van der Waals surface area contributed by atoms with Crippen LogP contribution >= 0.6 is 0 Å². The summed E-state index contributed by atoms with van der Waals surface area (Å²) < 4.78 is 45.0. The number of hydrogen-bond donors (Lipinski definition) is 0. The van der Waals surface area contributed by atoms with Gasteiger partial charge >= 0.3 is 0 Å². The van der Waals surface area contributed by atoms with E-state index in [9.17, 15) is 0 Å². The zero-order valence-electron chi connectivity index (χ0n) is 26.4. The van der Waals surface area contributed by atoms with Crippen molar-refractivity contribution in [1.29, 1.82) is 0 Å². The summed E-state index contributed by atoms with van der Waals surface area (Å²) in [6.45, 7) is 19.2. The number of methoxy groups -OCH3 is 2. The van der Waals surface area contributed by atoms with Crippen molar-refractivity contribution in [3.63, 3.8) is 0 Å². The minimum atomic E-state index is -0.0731. The summed E-state index contributed by atoms with van der Waals surface area (Å²) in [5, 5.41) is 0. The monoisotopic (exact) mass is 566 g/mol. The standard InChI is InChI=1S/C32H54O8/c1-23(15-35-27(5)19-39-29(7)21-37-25(3)17-33-9)31-11-13-32(14-12-31)24(2)16-36-28(6)20-40-30(8)22-38-26(4)18-34-10/h11-16,25-30H,17-22H2,1-10H3/b23-15+,24-16+. The van der Waals surface area contributed by atoms with E-state index in [0.29, 0.717) is 39.6 Å². The molecule has 0 heterocycles. The van der Waals surface area contributed by atoms with Gasteiger partial charge in [0.2, 0.25) is 0 Å². The molecule has 0 aliphatic rings. The molecule has 0 aromatic heterocycles. The van der Waals surface area contributed by atoms with Crippen LogP contribution in [0.4, 0.5) is 0 Å². The number of allylic oxidation sites excluding steroid dienone is 2. The van der Waals surface area contributed by atoms with E-state index in [2.05, 4.69) is 24.3 Å². The van der Waals surface area contributed by atoms with Crippen LogP contribution in [0.15, 0.2) is 36.8 Å². The molecule has 6 unspecified atom stereocenters. The van der Waals surface area contributed by atoms with Crippen LogP contribution in [0.25, 0.3) is 11.1 Å². The van der Waals surface area contributed by atoms with Crippen molar-refractivity contribution in [3.05, 3.63) is 47.9 Å². The van der Waals surface area contributed by atoms with Gasteiger partial charge in [-0.25, -0.2) is 0 Å². The molecule has 1 rings (SSSR count). The predicted octanol–water partition coefficient (Wildman–Crippen LogP) is 6.13. The highest BCUT2D eigenvalue weighted by Crippen LogP contribution is 2.20. The molecule has 0 N–H and O–H groups in total. The third-order valence-electron chi connectivity index (χ3n) is 6.01. The van der Waals surface area contributed by atoms with Gasteiger partial charge in [0.1, 0.15) is 12.2 Å². The molecule has 8 nitrogen and oxygen atoms in total. The maximum atomic E-state index is 5.89. The van der Waals surface area contributed by atoms with Crippen LogP contribution in [0, 0.1) is 0 Å². The molecule has 40 heavy (non-hydrogen) atoms. The van der Waals surface area contributed by atoms with E-state index in [-0.39, 0.29) is 36.6 Å². The SMILES string of the molecule is COCC(C)OCC(C)OCC(C)O/C=C(\C)c1ccc(/C(C)=C/OC(C)COC(C)COC(C)COC)cc1. The molecule has 0 spiro atoms. The Labute approximate surface area is 242 Å². The average molecular weight is 567 g/mol. The Morgan fingerprint density at radius 1 is 0.500 bits per heavy atom. The molecule has 1 aromatic rings. The Kier molecular flexibility index (Phi) is 18.8. The maximum absolute atomic E-state index is 5.89. The summed E-state index contributed by atoms with van der Waals surface area (Å²) in [7, 11) is 3.34. The van der Waals surface area contributed by atoms with Gasteiger partial charge in [-0.1, -0.05) is 24.3 Å². The fourth-order valence-corrected chi connectivity index (χ4v) is 3.51. The molecule has 0 radical (unpaired) electrons. The molecule has 230 valence electrons. The topological polar surface area (TPSA) is 73.8 Å². The first-order chi connectivity index (χ1) is 19.0. The highest BCUT2D eigenvalue weighted by atomic mass is 16.6. The van der Waals surface area contributed by atoms with Crippen LogP contribution in [0.3, 0.4) is 0 Å². The van der Waals surface area contributed by atoms with Crippen LogP contribution in [0.5, 0.6) is 0 Å². The van der Waals surface area contributed by atoms with Gasteiger partial charge in [-0.05, 0) is 77.7 Å². The fraction of sp³-hybridized carbons (Fsp3) is 0.688. The number of hydrogen-bond acceptors (Lipinski definition) is 8. The van der Waals surface area contributed by atoms with E-state index in [1.54, 1.807) is 26.7 Å². The molecule has 0 saturated heterocycles. The molecular weight excluding hydrogens is 512 g/mol. The third kappa shape index (κ3) is 16.4. The Morgan fingerprint density at radius 2 is 0.775 bits per heavy atom. The van der Waals surface area contributed by atoms with E-state index in [0.717, 1.165) is 22.3 Å². The van der Waals surface area contributed by atoms with Crippen LogP contribution < -0.4 is 0 Å². The molecule has 0 saturated carbocycles. The lowest BCUT2D eigenvalue weighted by molar-refractivity contribution is -0.0671. The minimum Gasteiger partial charge on any atom is -0.496 e. The number of benzene rings is 1. The van der Waals surface area contributed by atoms with Crippen molar-refractivity contribution >= 4 is 11.1 Å². The lowest BCUT2D eigenvalue weighted by atomic mass is 10.0. The summed E-state index contributed by atoms with van der Waals surface area (Å²) in [6.07, 6.45) is 3.51. The quantitative estimate of drug-likeness (QED) is 0.155. The second-order valence-corrected chi connectivity index (χ2v) is 10.6. The van der Waals surface area contributed by atoms with Crippen molar-refractivity contribution in [2.45, 2.75) is 92.0 Å². The molecule has 8 heteroatoms. The molecule has 0 fully saturated rings. The molecule has 1 aromatic carbocycles. The van der Waals surface area contributed by atoms with E-state index >= 15 is 0 Å². The fourth-order valence-electron chi connectivity index (χ4n) is 3.51. The van der Waals surface area contributed by atoms with Gasteiger partial charge < -0.3 is 37.9 Å². The Morgan fingerprint density at radius 3 is 1.07 bits per heavy atom. The second-order valence-electron chi connectivity index (χ2n) is 10.6. The Hall–Kier alpha value is -1.94. The van der Waals surface area contributed by atoms with E-state index < -0.39 is 0 Å². The van der Waals surface area contributed by atoms with Crippen LogP contribution in [-0.2, 0) is 37.9 Å². The largest absolute Gasteiger partial charge is 0.496 e. The van der Waals surface area contributed by atoms with Crippen LogP contribution in [0.1, 0.15) is 66.5 Å². The molecule has 0 bridgehead atoms. The van der Waals surface area contributed by atoms with Crippen LogP contribution in [-0.4, -0.2) is 90.5 Å². The van der Waals surface area contributed by atoms with E-state index in [4.69, 9.17) is 37.9 Å². The summed E-state index contributed by atoms with van der Waals surface area (Å²) >= 11 is 0. The van der Waals surface area contributed by atoms with E-state index in [1.165, 1.54) is 0 Å². The number of ether oxygens (including phenoxy) is 8. The van der Waals surface area contributed by atoms with Gasteiger partial charge in [0, 0.05) is 14.2 Å². The molecule has 0 amide bonds. The van der Waals surface area contributed by atoms with Crippen molar-refractivity contribution in [2.75, 3.05) is 53.9 Å². The van der Waals surface area contributed by atoms with Gasteiger partial charge in [-0.2, -0.15) is 0 Å². The van der Waals surface area contributed by atoms with Crippen molar-refractivity contribution in [1.82, 2.24) is 0 Å². The third-order valence-corrected chi connectivity index (χ3v) is 6.01. The Balaban J connectivity index is 2.43. The summed E-state index contributed by atoms with van der Waals surface area (Å²) in [5.41, 5.74) is 4.28. The van der Waals surface area contributed by atoms with Gasteiger partial charge in [0.25, 0.3) is 0 Å². The lowest BCUT2D eigenvalue weighted by Crippen LogP contribution is -2.26. The number of rotatable bonds is 22. The van der Waals surface area contributed by atoms with E-state index in [1.807, 2.05) is 55.4 Å². The minimum absolute atomic E-state index is 0.0166. The second kappa shape index (κ2) is 20.9. The first-order valence-corrected chi connectivity index (χ1v) is 14.2. The van der Waals surface area contributed by atoms with Gasteiger partial charge in [0.15, 0.2) is 0 Å². The normalized spacial score (nSPS) is 17.1. The molecule has 0 aliphatic carbocycles. The summed E-state index contributed by atoms with van der Waals surface area (Å²) in [4.78, 5) is 0. The summed E-state index contributed by atoms with van der Waals surface area (Å²) in [5.74, 6) is 0. The summed E-state index contributed by atoms with van der Waals surface area (Å²) in [6, 6.07) is 8.34. The smallest absolute Gasteiger partial charge is 0.118 e. The van der Waals surface area contributed by atoms with Gasteiger partial charge in [-0.3, -0.25) is 0 Å². The first kappa shape index (κ1) is 36.1. The highest BCUT2D eigenvalue weighted by molar-refractivity contribution is 5.68. The molecule has 6 atom stereocenters. The van der Waals surface area contributed by atoms with Crippen molar-refractivity contribution in [2.24, 2.45) is 0 Å². The first-order valence-electron chi connectivity index (χ1n) is 14.2. The van der Waals surface area contributed by atoms with Gasteiger partial charge in [-0.15, -0.1) is 0 Å². The predicted molar refractivity (Wildman–Crippen MR) is 160 cm³/mol. The average Bonchev–Trinajstić information content (AvgIpc) is 2.94. The lowest BCUT2D eigenvalue weighted by Gasteiger charge is -2.19. The zero-order valence-corrected chi connectivity index (χ0v) is 26.4. The van der Waals surface area contributed by atoms with Crippen molar-refractivity contribution in [3.8, 4) is 0 Å².